The van der Waals surface area contributed by atoms with Gasteiger partial charge in [-0.2, -0.15) is 4.31 Å². The average molecular weight is 304 g/mol. The van der Waals surface area contributed by atoms with E-state index in [9.17, 15) is 8.42 Å². The molecule has 106 valence electrons. The van der Waals surface area contributed by atoms with E-state index in [1.54, 1.807) is 25.1 Å². The zero-order valence-corrected chi connectivity index (χ0v) is 12.9. The Kier molecular flexibility index (Phi) is 3.93. The SMILES string of the molecule is Cc1c(Cl)cccc1S(=O)(=O)N1CCOC(C)(C)C1. The van der Waals surface area contributed by atoms with Crippen LogP contribution in [0.25, 0.3) is 0 Å². The Morgan fingerprint density at radius 3 is 2.68 bits per heavy atom. The quantitative estimate of drug-likeness (QED) is 0.843. The Labute approximate surface area is 119 Å². The maximum atomic E-state index is 12.7. The first-order valence-corrected chi connectivity index (χ1v) is 7.95. The Morgan fingerprint density at radius 1 is 1.37 bits per heavy atom. The van der Waals surface area contributed by atoms with Crippen molar-refractivity contribution < 1.29 is 13.2 Å². The van der Waals surface area contributed by atoms with E-state index in [0.717, 1.165) is 0 Å². The summed E-state index contributed by atoms with van der Waals surface area (Å²) in [5.41, 5.74) is 0.131. The predicted molar refractivity (Wildman–Crippen MR) is 75.0 cm³/mol. The third kappa shape index (κ3) is 2.94. The first-order chi connectivity index (χ1) is 8.74. The molecule has 0 unspecified atom stereocenters. The van der Waals surface area contributed by atoms with Crippen LogP contribution in [0.1, 0.15) is 19.4 Å². The summed E-state index contributed by atoms with van der Waals surface area (Å²) >= 11 is 6.01. The lowest BCUT2D eigenvalue weighted by molar-refractivity contribution is -0.0640. The highest BCUT2D eigenvalue weighted by atomic mass is 35.5. The van der Waals surface area contributed by atoms with Gasteiger partial charge in [0.25, 0.3) is 0 Å². The maximum Gasteiger partial charge on any atom is 0.243 e. The molecule has 0 radical (unpaired) electrons. The van der Waals surface area contributed by atoms with E-state index in [1.165, 1.54) is 4.31 Å². The van der Waals surface area contributed by atoms with Crippen LogP contribution in [0.2, 0.25) is 5.02 Å². The second-order valence-corrected chi connectivity index (χ2v) is 7.62. The zero-order chi connectivity index (χ0) is 14.3. The van der Waals surface area contributed by atoms with Gasteiger partial charge in [0.15, 0.2) is 0 Å². The zero-order valence-electron chi connectivity index (χ0n) is 11.3. The molecule has 0 spiro atoms. The molecule has 6 heteroatoms. The van der Waals surface area contributed by atoms with E-state index in [-0.39, 0.29) is 4.90 Å². The molecule has 2 rings (SSSR count). The van der Waals surface area contributed by atoms with E-state index in [0.29, 0.717) is 30.3 Å². The van der Waals surface area contributed by atoms with Crippen molar-refractivity contribution in [1.29, 1.82) is 0 Å². The topological polar surface area (TPSA) is 46.6 Å². The van der Waals surface area contributed by atoms with E-state index in [1.807, 2.05) is 13.8 Å². The summed E-state index contributed by atoms with van der Waals surface area (Å²) in [5.74, 6) is 0. The van der Waals surface area contributed by atoms with Gasteiger partial charge in [0.2, 0.25) is 10.0 Å². The van der Waals surface area contributed by atoms with Crippen molar-refractivity contribution in [1.82, 2.24) is 4.31 Å². The monoisotopic (exact) mass is 303 g/mol. The minimum absolute atomic E-state index is 0.276. The van der Waals surface area contributed by atoms with E-state index < -0.39 is 15.6 Å². The minimum atomic E-state index is -3.52. The number of nitrogens with zero attached hydrogens (tertiary/aromatic N) is 1. The van der Waals surface area contributed by atoms with E-state index >= 15 is 0 Å². The first-order valence-electron chi connectivity index (χ1n) is 6.13. The molecule has 0 amide bonds. The molecule has 0 atom stereocenters. The summed E-state index contributed by atoms with van der Waals surface area (Å²) in [6.45, 7) is 6.63. The highest BCUT2D eigenvalue weighted by Crippen LogP contribution is 2.28. The van der Waals surface area contributed by atoms with Crippen LogP contribution in [-0.2, 0) is 14.8 Å². The number of ether oxygens (including phenoxy) is 1. The molecule has 0 bridgehead atoms. The lowest BCUT2D eigenvalue weighted by atomic mass is 10.1. The van der Waals surface area contributed by atoms with E-state index in [4.69, 9.17) is 16.3 Å². The number of benzene rings is 1. The largest absolute Gasteiger partial charge is 0.373 e. The van der Waals surface area contributed by atoms with Gasteiger partial charge < -0.3 is 4.74 Å². The summed E-state index contributed by atoms with van der Waals surface area (Å²) in [7, 11) is -3.52. The Bertz CT molecular complexity index is 584. The summed E-state index contributed by atoms with van der Waals surface area (Å²) in [6.07, 6.45) is 0. The van der Waals surface area contributed by atoms with Gasteiger partial charge in [0, 0.05) is 18.1 Å². The van der Waals surface area contributed by atoms with Crippen LogP contribution in [0.15, 0.2) is 23.1 Å². The number of rotatable bonds is 2. The number of sulfonamides is 1. The normalized spacial score (nSPS) is 20.4. The third-order valence-electron chi connectivity index (χ3n) is 3.23. The van der Waals surface area contributed by atoms with Gasteiger partial charge in [-0.05, 0) is 38.5 Å². The van der Waals surface area contributed by atoms with Crippen LogP contribution in [-0.4, -0.2) is 38.0 Å². The lowest BCUT2D eigenvalue weighted by Gasteiger charge is -2.37. The number of morpholine rings is 1. The van der Waals surface area contributed by atoms with Crippen molar-refractivity contribution in [3.63, 3.8) is 0 Å². The summed E-state index contributed by atoms with van der Waals surface area (Å²) in [5, 5.41) is 0.466. The third-order valence-corrected chi connectivity index (χ3v) is 5.63. The standard InChI is InChI=1S/C13H18ClNO3S/c1-10-11(14)5-4-6-12(10)19(16,17)15-7-8-18-13(2,3)9-15/h4-6H,7-9H2,1-3H3. The summed E-state index contributed by atoms with van der Waals surface area (Å²) in [4.78, 5) is 0.276. The van der Waals surface area contributed by atoms with Crippen molar-refractivity contribution in [2.24, 2.45) is 0 Å². The van der Waals surface area contributed by atoms with Gasteiger partial charge in [0.1, 0.15) is 0 Å². The molecule has 1 heterocycles. The molecular formula is C13H18ClNO3S. The molecular weight excluding hydrogens is 286 g/mol. The predicted octanol–water partition coefficient (Wildman–Crippen LogP) is 2.45. The van der Waals surface area contributed by atoms with Crippen molar-refractivity contribution in [2.75, 3.05) is 19.7 Å². The van der Waals surface area contributed by atoms with Crippen LogP contribution in [0, 0.1) is 6.92 Å². The molecule has 1 saturated heterocycles. The molecule has 19 heavy (non-hydrogen) atoms. The summed E-state index contributed by atoms with van der Waals surface area (Å²) < 4.78 is 32.3. The van der Waals surface area contributed by atoms with Crippen molar-refractivity contribution in [3.8, 4) is 0 Å². The number of halogens is 1. The van der Waals surface area contributed by atoms with Crippen LogP contribution < -0.4 is 0 Å². The Hall–Kier alpha value is -0.620. The van der Waals surface area contributed by atoms with Gasteiger partial charge >= 0.3 is 0 Å². The molecule has 1 fully saturated rings. The number of hydrogen-bond donors (Lipinski definition) is 0. The smallest absolute Gasteiger partial charge is 0.243 e. The lowest BCUT2D eigenvalue weighted by Crippen LogP contribution is -2.50. The molecule has 0 N–H and O–H groups in total. The highest BCUT2D eigenvalue weighted by molar-refractivity contribution is 7.89. The van der Waals surface area contributed by atoms with Crippen LogP contribution in [0.4, 0.5) is 0 Å². The van der Waals surface area contributed by atoms with Gasteiger partial charge in [-0.3, -0.25) is 0 Å². The molecule has 4 nitrogen and oxygen atoms in total. The summed E-state index contributed by atoms with van der Waals surface area (Å²) in [6, 6.07) is 4.95. The molecule has 1 aliphatic heterocycles. The Morgan fingerprint density at radius 2 is 2.05 bits per heavy atom. The maximum absolute atomic E-state index is 12.7. The molecule has 1 aromatic rings. The second-order valence-electron chi connectivity index (χ2n) is 5.31. The molecule has 1 aliphatic rings. The molecule has 1 aromatic carbocycles. The van der Waals surface area contributed by atoms with Crippen LogP contribution >= 0.6 is 11.6 Å². The van der Waals surface area contributed by atoms with Crippen molar-refractivity contribution in [2.45, 2.75) is 31.3 Å². The minimum Gasteiger partial charge on any atom is -0.373 e. The van der Waals surface area contributed by atoms with Gasteiger partial charge in [0.05, 0.1) is 17.1 Å². The average Bonchev–Trinajstić information content (AvgIpc) is 2.31. The van der Waals surface area contributed by atoms with Crippen LogP contribution in [0.5, 0.6) is 0 Å². The van der Waals surface area contributed by atoms with Crippen molar-refractivity contribution in [3.05, 3.63) is 28.8 Å². The highest BCUT2D eigenvalue weighted by Gasteiger charge is 2.35. The fourth-order valence-electron chi connectivity index (χ4n) is 2.18. The van der Waals surface area contributed by atoms with Gasteiger partial charge in [-0.15, -0.1) is 0 Å². The first kappa shape index (κ1) is 14.8. The fraction of sp³-hybridized carbons (Fsp3) is 0.538. The molecule has 0 aliphatic carbocycles. The van der Waals surface area contributed by atoms with Crippen molar-refractivity contribution >= 4 is 21.6 Å². The second kappa shape index (κ2) is 5.05. The van der Waals surface area contributed by atoms with Gasteiger partial charge in [-0.1, -0.05) is 17.7 Å². The fourth-order valence-corrected chi connectivity index (χ4v) is 4.24. The Balaban J connectivity index is 2.40. The molecule has 0 saturated carbocycles. The number of hydrogen-bond acceptors (Lipinski definition) is 3. The van der Waals surface area contributed by atoms with Gasteiger partial charge in [-0.25, -0.2) is 8.42 Å². The van der Waals surface area contributed by atoms with E-state index in [2.05, 4.69) is 0 Å². The molecule has 0 aromatic heterocycles. The van der Waals surface area contributed by atoms with Crippen LogP contribution in [0.3, 0.4) is 0 Å².